The SMILES string of the molecule is CC(N)C(=O)NCC(=O)NC(Cc1ccccc1)C(=O)N1CCCC1C(=O)O. The normalized spacial score (nSPS) is 18.2. The van der Waals surface area contributed by atoms with Crippen LogP contribution in [0.25, 0.3) is 0 Å². The Bertz CT molecular complexity index is 722. The molecule has 0 saturated carbocycles. The van der Waals surface area contributed by atoms with E-state index in [4.69, 9.17) is 5.73 Å². The van der Waals surface area contributed by atoms with E-state index in [0.29, 0.717) is 19.4 Å². The summed E-state index contributed by atoms with van der Waals surface area (Å²) in [6.07, 6.45) is 1.20. The third-order valence-corrected chi connectivity index (χ3v) is 4.57. The number of carboxylic acids is 1. The Morgan fingerprint density at radius 2 is 1.93 bits per heavy atom. The van der Waals surface area contributed by atoms with Crippen LogP contribution in [0.5, 0.6) is 0 Å². The van der Waals surface area contributed by atoms with Crippen LogP contribution in [-0.4, -0.2) is 64.9 Å². The van der Waals surface area contributed by atoms with E-state index in [2.05, 4.69) is 10.6 Å². The summed E-state index contributed by atoms with van der Waals surface area (Å²) < 4.78 is 0. The first kappa shape index (κ1) is 21.4. The van der Waals surface area contributed by atoms with Crippen molar-refractivity contribution in [3.05, 3.63) is 35.9 Å². The highest BCUT2D eigenvalue weighted by Gasteiger charge is 2.37. The average Bonchev–Trinajstić information content (AvgIpc) is 3.16. The zero-order valence-corrected chi connectivity index (χ0v) is 15.8. The number of likely N-dealkylation sites (tertiary alicyclic amines) is 1. The summed E-state index contributed by atoms with van der Waals surface area (Å²) in [7, 11) is 0. The first-order chi connectivity index (χ1) is 13.3. The highest BCUT2D eigenvalue weighted by Crippen LogP contribution is 2.19. The summed E-state index contributed by atoms with van der Waals surface area (Å²) in [5, 5.41) is 14.4. The fourth-order valence-corrected chi connectivity index (χ4v) is 3.11. The van der Waals surface area contributed by atoms with Gasteiger partial charge in [-0.05, 0) is 25.3 Å². The first-order valence-corrected chi connectivity index (χ1v) is 9.19. The van der Waals surface area contributed by atoms with Gasteiger partial charge < -0.3 is 26.4 Å². The van der Waals surface area contributed by atoms with Crippen LogP contribution in [0.2, 0.25) is 0 Å². The van der Waals surface area contributed by atoms with Gasteiger partial charge in [-0.1, -0.05) is 30.3 Å². The van der Waals surface area contributed by atoms with Gasteiger partial charge in [0.05, 0.1) is 12.6 Å². The Labute approximate surface area is 163 Å². The Hall–Kier alpha value is -2.94. The van der Waals surface area contributed by atoms with Gasteiger partial charge in [-0.15, -0.1) is 0 Å². The van der Waals surface area contributed by atoms with Gasteiger partial charge in [0, 0.05) is 13.0 Å². The van der Waals surface area contributed by atoms with E-state index in [1.165, 1.54) is 11.8 Å². The number of nitrogens with two attached hydrogens (primary N) is 1. The van der Waals surface area contributed by atoms with E-state index >= 15 is 0 Å². The Kier molecular flexibility index (Phi) is 7.51. The molecule has 9 heteroatoms. The zero-order valence-electron chi connectivity index (χ0n) is 15.8. The molecule has 3 atom stereocenters. The molecule has 0 aromatic heterocycles. The second kappa shape index (κ2) is 9.84. The van der Waals surface area contributed by atoms with E-state index in [1.807, 2.05) is 30.3 Å². The molecule has 5 N–H and O–H groups in total. The number of carbonyl (C=O) groups is 4. The Morgan fingerprint density at radius 3 is 2.54 bits per heavy atom. The molecule has 1 fully saturated rings. The summed E-state index contributed by atoms with van der Waals surface area (Å²) in [6.45, 7) is 1.51. The van der Waals surface area contributed by atoms with Gasteiger partial charge >= 0.3 is 5.97 Å². The lowest BCUT2D eigenvalue weighted by atomic mass is 10.0. The number of nitrogens with zero attached hydrogens (tertiary/aromatic N) is 1. The zero-order chi connectivity index (χ0) is 20.7. The van der Waals surface area contributed by atoms with Crippen LogP contribution in [0.15, 0.2) is 30.3 Å². The van der Waals surface area contributed by atoms with Crippen molar-refractivity contribution >= 4 is 23.7 Å². The summed E-state index contributed by atoms with van der Waals surface area (Å²) in [4.78, 5) is 49.5. The van der Waals surface area contributed by atoms with Crippen molar-refractivity contribution in [2.75, 3.05) is 13.1 Å². The second-order valence-corrected chi connectivity index (χ2v) is 6.84. The van der Waals surface area contributed by atoms with E-state index in [-0.39, 0.29) is 13.0 Å². The number of hydrogen-bond donors (Lipinski definition) is 4. The average molecular weight is 390 g/mol. The number of hydrogen-bond acceptors (Lipinski definition) is 5. The van der Waals surface area contributed by atoms with Crippen molar-refractivity contribution in [1.82, 2.24) is 15.5 Å². The highest BCUT2D eigenvalue weighted by atomic mass is 16.4. The molecule has 1 aromatic rings. The minimum Gasteiger partial charge on any atom is -0.480 e. The van der Waals surface area contributed by atoms with Gasteiger partial charge in [-0.2, -0.15) is 0 Å². The molecule has 1 aliphatic rings. The molecule has 3 unspecified atom stereocenters. The number of benzene rings is 1. The van der Waals surface area contributed by atoms with Crippen LogP contribution in [0, 0.1) is 0 Å². The van der Waals surface area contributed by atoms with Crippen LogP contribution >= 0.6 is 0 Å². The van der Waals surface area contributed by atoms with Crippen molar-refractivity contribution in [1.29, 1.82) is 0 Å². The molecule has 0 aliphatic carbocycles. The van der Waals surface area contributed by atoms with Crippen molar-refractivity contribution in [2.45, 2.75) is 44.3 Å². The predicted octanol–water partition coefficient (Wildman–Crippen LogP) is -0.747. The number of rotatable bonds is 8. The van der Waals surface area contributed by atoms with Crippen LogP contribution < -0.4 is 16.4 Å². The topological polar surface area (TPSA) is 142 Å². The number of aliphatic carboxylic acids is 1. The lowest BCUT2D eigenvalue weighted by Crippen LogP contribution is -2.54. The van der Waals surface area contributed by atoms with Gasteiger partial charge in [0.15, 0.2) is 0 Å². The minimum absolute atomic E-state index is 0.218. The van der Waals surface area contributed by atoms with Crippen LogP contribution in [0.3, 0.4) is 0 Å². The lowest BCUT2D eigenvalue weighted by molar-refractivity contribution is -0.149. The maximum Gasteiger partial charge on any atom is 0.326 e. The van der Waals surface area contributed by atoms with Crippen molar-refractivity contribution < 1.29 is 24.3 Å². The quantitative estimate of drug-likeness (QED) is 0.460. The summed E-state index contributed by atoms with van der Waals surface area (Å²) in [5.41, 5.74) is 6.27. The van der Waals surface area contributed by atoms with Gasteiger partial charge in [-0.3, -0.25) is 14.4 Å². The highest BCUT2D eigenvalue weighted by molar-refractivity contribution is 5.92. The molecule has 1 saturated heterocycles. The van der Waals surface area contributed by atoms with Crippen LogP contribution in [0.1, 0.15) is 25.3 Å². The van der Waals surface area contributed by atoms with Crippen molar-refractivity contribution in [2.24, 2.45) is 5.73 Å². The van der Waals surface area contributed by atoms with E-state index in [0.717, 1.165) is 5.56 Å². The molecule has 1 aromatic carbocycles. The molecule has 0 radical (unpaired) electrons. The second-order valence-electron chi connectivity index (χ2n) is 6.84. The monoisotopic (exact) mass is 390 g/mol. The molecule has 0 spiro atoms. The lowest BCUT2D eigenvalue weighted by Gasteiger charge is -2.27. The maximum atomic E-state index is 13.0. The van der Waals surface area contributed by atoms with Gasteiger partial charge in [0.25, 0.3) is 0 Å². The molecule has 152 valence electrons. The maximum absolute atomic E-state index is 13.0. The molecule has 1 aliphatic heterocycles. The third-order valence-electron chi connectivity index (χ3n) is 4.57. The van der Waals surface area contributed by atoms with Crippen molar-refractivity contribution in [3.63, 3.8) is 0 Å². The fourth-order valence-electron chi connectivity index (χ4n) is 3.11. The minimum atomic E-state index is -1.06. The molecule has 1 heterocycles. The van der Waals surface area contributed by atoms with Gasteiger partial charge in [-0.25, -0.2) is 4.79 Å². The Morgan fingerprint density at radius 1 is 1.25 bits per heavy atom. The summed E-state index contributed by atoms with van der Waals surface area (Å²) >= 11 is 0. The number of carboxylic acid groups (broad SMARTS) is 1. The largest absolute Gasteiger partial charge is 0.480 e. The molecule has 9 nitrogen and oxygen atoms in total. The number of amides is 3. The number of carbonyl (C=O) groups excluding carboxylic acids is 3. The van der Waals surface area contributed by atoms with Crippen molar-refractivity contribution in [3.8, 4) is 0 Å². The predicted molar refractivity (Wildman–Crippen MR) is 101 cm³/mol. The fraction of sp³-hybridized carbons (Fsp3) is 0.474. The summed E-state index contributed by atoms with van der Waals surface area (Å²) in [5.74, 6) is -2.53. The van der Waals surface area contributed by atoms with Gasteiger partial charge in [0.2, 0.25) is 17.7 Å². The van der Waals surface area contributed by atoms with Crippen LogP contribution in [0.4, 0.5) is 0 Å². The standard InChI is InChI=1S/C19H26N4O5/c1-12(20)17(25)21-11-16(24)22-14(10-13-6-3-2-4-7-13)18(26)23-9-5-8-15(23)19(27)28/h2-4,6-7,12,14-15H,5,8-11,20H2,1H3,(H,21,25)(H,22,24)(H,27,28). The Balaban J connectivity index is 2.10. The molecular weight excluding hydrogens is 364 g/mol. The van der Waals surface area contributed by atoms with Gasteiger partial charge in [0.1, 0.15) is 12.1 Å². The molecule has 0 bridgehead atoms. The summed E-state index contributed by atoms with van der Waals surface area (Å²) in [6, 6.07) is 6.54. The third kappa shape index (κ3) is 5.78. The molecule has 28 heavy (non-hydrogen) atoms. The first-order valence-electron chi connectivity index (χ1n) is 9.19. The molecular formula is C19H26N4O5. The molecule has 2 rings (SSSR count). The number of nitrogens with one attached hydrogen (secondary N) is 2. The smallest absolute Gasteiger partial charge is 0.326 e. The van der Waals surface area contributed by atoms with E-state index in [9.17, 15) is 24.3 Å². The van der Waals surface area contributed by atoms with E-state index < -0.39 is 41.8 Å². The van der Waals surface area contributed by atoms with E-state index in [1.54, 1.807) is 0 Å². The van der Waals surface area contributed by atoms with Crippen LogP contribution in [-0.2, 0) is 25.6 Å². The molecule has 3 amide bonds.